The van der Waals surface area contributed by atoms with Crippen LogP contribution in [0.15, 0.2) is 24.5 Å². The number of hydrogen-bond acceptors (Lipinski definition) is 3. The minimum absolute atomic E-state index is 0.122. The van der Waals surface area contributed by atoms with Gasteiger partial charge in [0.2, 0.25) is 0 Å². The molecule has 4 N–H and O–H groups in total. The van der Waals surface area contributed by atoms with E-state index >= 15 is 0 Å². The maximum absolute atomic E-state index is 11.1. The second-order valence-electron chi connectivity index (χ2n) is 3.14. The molecule has 5 heteroatoms. The number of primary amides is 1. The van der Waals surface area contributed by atoms with Crippen molar-refractivity contribution in [3.05, 3.63) is 24.5 Å². The zero-order valence-corrected chi connectivity index (χ0v) is 8.05. The lowest BCUT2D eigenvalue weighted by molar-refractivity contribution is 0.253. The van der Waals surface area contributed by atoms with E-state index in [1.165, 1.54) is 4.90 Å². The number of carbonyl (C=O) groups is 1. The molecule has 0 saturated carbocycles. The first-order chi connectivity index (χ1) is 6.61. The van der Waals surface area contributed by atoms with Crippen LogP contribution in [-0.2, 0) is 0 Å². The number of hydrogen-bond donors (Lipinski definition) is 2. The van der Waals surface area contributed by atoms with Crippen molar-refractivity contribution in [2.24, 2.45) is 11.5 Å². The summed E-state index contributed by atoms with van der Waals surface area (Å²) in [5.41, 5.74) is 11.5. The van der Waals surface area contributed by atoms with E-state index < -0.39 is 6.03 Å². The molecular formula is C9H14N4O. The van der Waals surface area contributed by atoms with Gasteiger partial charge in [-0.05, 0) is 19.1 Å². The number of pyridine rings is 1. The minimum Gasteiger partial charge on any atom is -0.351 e. The van der Waals surface area contributed by atoms with Gasteiger partial charge in [-0.2, -0.15) is 0 Å². The van der Waals surface area contributed by atoms with Gasteiger partial charge in [0.1, 0.15) is 0 Å². The van der Waals surface area contributed by atoms with Crippen molar-refractivity contribution in [3.8, 4) is 0 Å². The maximum Gasteiger partial charge on any atom is 0.319 e. The maximum atomic E-state index is 11.1. The molecule has 0 aliphatic carbocycles. The lowest BCUT2D eigenvalue weighted by Gasteiger charge is -2.21. The van der Waals surface area contributed by atoms with E-state index in [0.29, 0.717) is 12.2 Å². The summed E-state index contributed by atoms with van der Waals surface area (Å²) in [6.45, 7) is 2.20. The van der Waals surface area contributed by atoms with Gasteiger partial charge in [-0.3, -0.25) is 9.88 Å². The van der Waals surface area contributed by atoms with Gasteiger partial charge < -0.3 is 11.5 Å². The molecule has 2 amide bonds. The van der Waals surface area contributed by atoms with E-state index in [9.17, 15) is 4.79 Å². The van der Waals surface area contributed by atoms with Gasteiger partial charge in [-0.1, -0.05) is 0 Å². The quantitative estimate of drug-likeness (QED) is 0.726. The number of urea groups is 1. The van der Waals surface area contributed by atoms with Gasteiger partial charge in [-0.25, -0.2) is 4.79 Å². The van der Waals surface area contributed by atoms with Crippen LogP contribution >= 0.6 is 0 Å². The van der Waals surface area contributed by atoms with Gasteiger partial charge in [0.15, 0.2) is 0 Å². The number of carbonyl (C=O) groups excluding carboxylic acids is 1. The van der Waals surface area contributed by atoms with E-state index in [-0.39, 0.29) is 6.04 Å². The molecule has 1 aromatic heterocycles. The Labute approximate surface area is 82.7 Å². The first-order valence-corrected chi connectivity index (χ1v) is 4.34. The van der Waals surface area contributed by atoms with Crippen LogP contribution < -0.4 is 16.4 Å². The van der Waals surface area contributed by atoms with Gasteiger partial charge >= 0.3 is 6.03 Å². The molecule has 0 bridgehead atoms. The normalized spacial score (nSPS) is 12.1. The summed E-state index contributed by atoms with van der Waals surface area (Å²) in [6.07, 6.45) is 3.21. The molecule has 0 aliphatic rings. The highest BCUT2D eigenvalue weighted by Crippen LogP contribution is 2.11. The summed E-state index contributed by atoms with van der Waals surface area (Å²) in [6, 6.07) is 2.87. The third-order valence-electron chi connectivity index (χ3n) is 1.69. The topological polar surface area (TPSA) is 85.2 Å². The highest BCUT2D eigenvalue weighted by molar-refractivity contribution is 5.90. The fourth-order valence-corrected chi connectivity index (χ4v) is 1.12. The van der Waals surface area contributed by atoms with Crippen molar-refractivity contribution in [2.45, 2.75) is 13.0 Å². The Kier molecular flexibility index (Phi) is 3.41. The van der Waals surface area contributed by atoms with Gasteiger partial charge in [-0.15, -0.1) is 0 Å². The molecule has 1 aromatic rings. The molecule has 1 heterocycles. The Morgan fingerprint density at radius 3 is 2.86 bits per heavy atom. The number of nitrogens with two attached hydrogens (primary N) is 2. The summed E-state index contributed by atoms with van der Waals surface area (Å²) in [4.78, 5) is 16.4. The van der Waals surface area contributed by atoms with E-state index in [1.807, 2.05) is 6.92 Å². The average molecular weight is 194 g/mol. The summed E-state index contributed by atoms with van der Waals surface area (Å²) in [5.74, 6) is 0. The van der Waals surface area contributed by atoms with Crippen LogP contribution in [0.3, 0.4) is 0 Å². The standard InChI is InChI=1S/C9H14N4O/c1-7(10)6-13(9(11)14)8-3-2-4-12-5-8/h2-5,7H,6,10H2,1H3,(H2,11,14). The van der Waals surface area contributed by atoms with Crippen LogP contribution in [0, 0.1) is 0 Å². The third-order valence-corrected chi connectivity index (χ3v) is 1.69. The SMILES string of the molecule is CC(N)CN(C(N)=O)c1cccnc1. The summed E-state index contributed by atoms with van der Waals surface area (Å²) in [7, 11) is 0. The Hall–Kier alpha value is -1.62. The Balaban J connectivity index is 2.84. The molecule has 0 aromatic carbocycles. The predicted molar refractivity (Wildman–Crippen MR) is 54.8 cm³/mol. The smallest absolute Gasteiger partial charge is 0.319 e. The fourth-order valence-electron chi connectivity index (χ4n) is 1.12. The monoisotopic (exact) mass is 194 g/mol. The first-order valence-electron chi connectivity index (χ1n) is 4.34. The molecule has 1 rings (SSSR count). The molecule has 5 nitrogen and oxygen atoms in total. The van der Waals surface area contributed by atoms with Gasteiger partial charge in [0.05, 0.1) is 11.9 Å². The van der Waals surface area contributed by atoms with Crippen LogP contribution in [0.1, 0.15) is 6.92 Å². The largest absolute Gasteiger partial charge is 0.351 e. The zero-order chi connectivity index (χ0) is 10.6. The van der Waals surface area contributed by atoms with E-state index in [2.05, 4.69) is 4.98 Å². The van der Waals surface area contributed by atoms with Gasteiger partial charge in [0.25, 0.3) is 0 Å². The van der Waals surface area contributed by atoms with Crippen LogP contribution in [0.25, 0.3) is 0 Å². The number of rotatable bonds is 3. The zero-order valence-electron chi connectivity index (χ0n) is 8.05. The fraction of sp³-hybridized carbons (Fsp3) is 0.333. The first kappa shape index (κ1) is 10.5. The lowest BCUT2D eigenvalue weighted by Crippen LogP contribution is -2.42. The molecular weight excluding hydrogens is 180 g/mol. The minimum atomic E-state index is -0.518. The summed E-state index contributed by atoms with van der Waals surface area (Å²) < 4.78 is 0. The second kappa shape index (κ2) is 4.57. The number of nitrogens with zero attached hydrogens (tertiary/aromatic N) is 2. The van der Waals surface area contributed by atoms with Crippen molar-refractivity contribution in [3.63, 3.8) is 0 Å². The molecule has 1 atom stereocenters. The number of amides is 2. The highest BCUT2D eigenvalue weighted by Gasteiger charge is 2.13. The van der Waals surface area contributed by atoms with Crippen LogP contribution in [0.2, 0.25) is 0 Å². The average Bonchev–Trinajstić information content (AvgIpc) is 2.15. The number of anilines is 1. The van der Waals surface area contributed by atoms with Crippen molar-refractivity contribution >= 4 is 11.7 Å². The summed E-state index contributed by atoms with van der Waals surface area (Å²) >= 11 is 0. The Bertz CT molecular complexity index is 299. The van der Waals surface area contributed by atoms with Crippen molar-refractivity contribution in [2.75, 3.05) is 11.4 Å². The molecule has 76 valence electrons. The van der Waals surface area contributed by atoms with Crippen LogP contribution in [0.4, 0.5) is 10.5 Å². The molecule has 0 saturated heterocycles. The van der Waals surface area contributed by atoms with Crippen molar-refractivity contribution < 1.29 is 4.79 Å². The van der Waals surface area contributed by atoms with Crippen LogP contribution in [0.5, 0.6) is 0 Å². The molecule has 0 radical (unpaired) electrons. The van der Waals surface area contributed by atoms with Gasteiger partial charge in [0, 0.05) is 18.8 Å². The van der Waals surface area contributed by atoms with E-state index in [1.54, 1.807) is 24.5 Å². The Morgan fingerprint density at radius 2 is 2.43 bits per heavy atom. The van der Waals surface area contributed by atoms with Crippen molar-refractivity contribution in [1.82, 2.24) is 4.98 Å². The van der Waals surface area contributed by atoms with E-state index in [0.717, 1.165) is 0 Å². The molecule has 0 aliphatic heterocycles. The highest BCUT2D eigenvalue weighted by atomic mass is 16.2. The van der Waals surface area contributed by atoms with Crippen LogP contribution in [-0.4, -0.2) is 23.6 Å². The third kappa shape index (κ3) is 2.70. The van der Waals surface area contributed by atoms with Crippen molar-refractivity contribution in [1.29, 1.82) is 0 Å². The summed E-state index contributed by atoms with van der Waals surface area (Å²) in [5, 5.41) is 0. The molecule has 0 fully saturated rings. The number of aromatic nitrogens is 1. The molecule has 0 spiro atoms. The predicted octanol–water partition coefficient (Wildman–Crippen LogP) is 0.314. The lowest BCUT2D eigenvalue weighted by atomic mass is 10.3. The molecule has 1 unspecified atom stereocenters. The Morgan fingerprint density at radius 1 is 1.71 bits per heavy atom. The van der Waals surface area contributed by atoms with E-state index in [4.69, 9.17) is 11.5 Å². The molecule has 14 heavy (non-hydrogen) atoms. The second-order valence-corrected chi connectivity index (χ2v) is 3.14.